The Morgan fingerprint density at radius 1 is 1.33 bits per heavy atom. The third-order valence-corrected chi connectivity index (χ3v) is 3.93. The van der Waals surface area contributed by atoms with Gasteiger partial charge >= 0.3 is 12.0 Å². The number of urea groups is 1. The first-order valence-corrected chi connectivity index (χ1v) is 7.23. The third kappa shape index (κ3) is 4.18. The minimum Gasteiger partial charge on any atom is -0.481 e. The van der Waals surface area contributed by atoms with E-state index in [1.165, 1.54) is 0 Å². The van der Waals surface area contributed by atoms with Gasteiger partial charge in [0, 0.05) is 6.20 Å². The van der Waals surface area contributed by atoms with Crippen LogP contribution in [0.5, 0.6) is 0 Å². The molecule has 0 spiro atoms. The maximum Gasteiger partial charge on any atom is 0.319 e. The van der Waals surface area contributed by atoms with E-state index in [-0.39, 0.29) is 12.5 Å². The number of hydrogen-bond donors (Lipinski definition) is 3. The molecule has 114 valence electrons. The number of aliphatic carboxylic acids is 1. The molecular weight excluding hydrogens is 270 g/mol. The molecule has 3 N–H and O–H groups in total. The summed E-state index contributed by atoms with van der Waals surface area (Å²) in [6.07, 6.45) is 6.01. The molecule has 0 unspecified atom stereocenters. The Bertz CT molecular complexity index is 525. The van der Waals surface area contributed by atoms with Crippen LogP contribution in [0.25, 0.3) is 0 Å². The first-order valence-electron chi connectivity index (χ1n) is 7.23. The van der Waals surface area contributed by atoms with Crippen LogP contribution in [0.3, 0.4) is 0 Å². The highest BCUT2D eigenvalue weighted by molar-refractivity contribution is 5.90. The Morgan fingerprint density at radius 3 is 2.67 bits per heavy atom. The summed E-state index contributed by atoms with van der Waals surface area (Å²) in [7, 11) is 0. The van der Waals surface area contributed by atoms with Crippen molar-refractivity contribution in [1.82, 2.24) is 10.3 Å². The van der Waals surface area contributed by atoms with E-state index in [0.29, 0.717) is 18.5 Å². The van der Waals surface area contributed by atoms with Crippen LogP contribution in [0.4, 0.5) is 10.5 Å². The highest BCUT2D eigenvalue weighted by Gasteiger charge is 2.35. The lowest BCUT2D eigenvalue weighted by Crippen LogP contribution is -2.52. The fourth-order valence-corrected chi connectivity index (χ4v) is 2.87. The molecule has 0 saturated heterocycles. The lowest BCUT2D eigenvalue weighted by molar-refractivity contribution is -0.138. The molecule has 1 heterocycles. The van der Waals surface area contributed by atoms with Gasteiger partial charge in [0.05, 0.1) is 23.3 Å². The summed E-state index contributed by atoms with van der Waals surface area (Å²) < 4.78 is 0. The van der Waals surface area contributed by atoms with Gasteiger partial charge in [-0.1, -0.05) is 19.3 Å². The predicted molar refractivity (Wildman–Crippen MR) is 79.2 cm³/mol. The summed E-state index contributed by atoms with van der Waals surface area (Å²) in [5, 5.41) is 14.7. The van der Waals surface area contributed by atoms with E-state index in [1.807, 2.05) is 6.92 Å². The number of hydrogen-bond acceptors (Lipinski definition) is 3. The van der Waals surface area contributed by atoms with Gasteiger partial charge in [-0.05, 0) is 31.9 Å². The van der Waals surface area contributed by atoms with E-state index in [2.05, 4.69) is 15.6 Å². The smallest absolute Gasteiger partial charge is 0.319 e. The highest BCUT2D eigenvalue weighted by atomic mass is 16.4. The maximum atomic E-state index is 12.2. The van der Waals surface area contributed by atoms with Crippen molar-refractivity contribution in [2.45, 2.75) is 51.0 Å². The molecule has 1 aliphatic carbocycles. The van der Waals surface area contributed by atoms with Gasteiger partial charge in [-0.3, -0.25) is 9.78 Å². The number of carboxylic acids is 1. The van der Waals surface area contributed by atoms with Gasteiger partial charge in [-0.15, -0.1) is 0 Å². The molecule has 2 rings (SSSR count). The molecule has 1 aromatic rings. The first-order chi connectivity index (χ1) is 10.0. The molecule has 1 fully saturated rings. The summed E-state index contributed by atoms with van der Waals surface area (Å²) in [5.74, 6) is -0.880. The standard InChI is InChI=1S/C15H21N3O3/c1-11-12(6-5-9-16-11)17-14(21)18-15(10-13(19)20)7-3-2-4-8-15/h5-6,9H,2-4,7-8,10H2,1H3,(H,19,20)(H2,17,18,21). The number of rotatable bonds is 4. The zero-order valence-electron chi connectivity index (χ0n) is 12.2. The molecule has 0 bridgehead atoms. The number of amides is 2. The Labute approximate surface area is 124 Å². The molecule has 0 aliphatic heterocycles. The summed E-state index contributed by atoms with van der Waals surface area (Å²) >= 11 is 0. The maximum absolute atomic E-state index is 12.2. The first kappa shape index (κ1) is 15.3. The molecule has 1 aromatic heterocycles. The zero-order chi connectivity index (χ0) is 15.3. The lowest BCUT2D eigenvalue weighted by Gasteiger charge is -2.36. The van der Waals surface area contributed by atoms with Gasteiger partial charge in [-0.25, -0.2) is 4.79 Å². The van der Waals surface area contributed by atoms with Gasteiger partial charge in [-0.2, -0.15) is 0 Å². The van der Waals surface area contributed by atoms with Crippen LogP contribution in [0.1, 0.15) is 44.2 Å². The number of carboxylic acid groups (broad SMARTS) is 1. The van der Waals surface area contributed by atoms with Crippen molar-refractivity contribution in [3.05, 3.63) is 24.0 Å². The molecule has 1 aliphatic rings. The van der Waals surface area contributed by atoms with E-state index >= 15 is 0 Å². The van der Waals surface area contributed by atoms with E-state index in [1.54, 1.807) is 18.3 Å². The topological polar surface area (TPSA) is 91.3 Å². The Kier molecular flexibility index (Phi) is 4.77. The van der Waals surface area contributed by atoms with Crippen LogP contribution < -0.4 is 10.6 Å². The van der Waals surface area contributed by atoms with Crippen molar-refractivity contribution in [3.63, 3.8) is 0 Å². The largest absolute Gasteiger partial charge is 0.481 e. The molecular formula is C15H21N3O3. The van der Waals surface area contributed by atoms with Crippen LogP contribution in [0, 0.1) is 6.92 Å². The Balaban J connectivity index is 2.04. The molecule has 1 saturated carbocycles. The van der Waals surface area contributed by atoms with Crippen LogP contribution in [0.15, 0.2) is 18.3 Å². The quantitative estimate of drug-likeness (QED) is 0.795. The number of anilines is 1. The minimum absolute atomic E-state index is 0.0353. The van der Waals surface area contributed by atoms with E-state index in [9.17, 15) is 9.59 Å². The van der Waals surface area contributed by atoms with Gasteiger partial charge in [0.2, 0.25) is 0 Å². The summed E-state index contributed by atoms with van der Waals surface area (Å²) in [6.45, 7) is 1.81. The lowest BCUT2D eigenvalue weighted by atomic mass is 9.79. The van der Waals surface area contributed by atoms with Crippen molar-refractivity contribution in [2.75, 3.05) is 5.32 Å². The Morgan fingerprint density at radius 2 is 2.05 bits per heavy atom. The fourth-order valence-electron chi connectivity index (χ4n) is 2.87. The zero-order valence-corrected chi connectivity index (χ0v) is 12.2. The molecule has 6 nitrogen and oxygen atoms in total. The third-order valence-electron chi connectivity index (χ3n) is 3.93. The van der Waals surface area contributed by atoms with Gasteiger partial charge in [0.15, 0.2) is 0 Å². The molecule has 21 heavy (non-hydrogen) atoms. The molecule has 0 aromatic carbocycles. The van der Waals surface area contributed by atoms with Crippen LogP contribution in [-0.4, -0.2) is 27.6 Å². The van der Waals surface area contributed by atoms with Crippen molar-refractivity contribution in [2.24, 2.45) is 0 Å². The van der Waals surface area contributed by atoms with E-state index < -0.39 is 11.5 Å². The number of nitrogens with zero attached hydrogens (tertiary/aromatic N) is 1. The number of nitrogens with one attached hydrogen (secondary N) is 2. The number of carbonyl (C=O) groups excluding carboxylic acids is 1. The number of aryl methyl sites for hydroxylation is 1. The van der Waals surface area contributed by atoms with Gasteiger partial charge in [0.25, 0.3) is 0 Å². The van der Waals surface area contributed by atoms with Gasteiger partial charge in [0.1, 0.15) is 0 Å². The normalized spacial score (nSPS) is 17.0. The summed E-state index contributed by atoms with van der Waals surface area (Å²) in [4.78, 5) is 27.4. The van der Waals surface area contributed by atoms with Gasteiger partial charge < -0.3 is 15.7 Å². The molecule has 6 heteroatoms. The van der Waals surface area contributed by atoms with E-state index in [4.69, 9.17) is 5.11 Å². The Hall–Kier alpha value is -2.11. The second-order valence-corrected chi connectivity index (χ2v) is 5.63. The SMILES string of the molecule is Cc1ncccc1NC(=O)NC1(CC(=O)O)CCCCC1. The number of aromatic nitrogens is 1. The van der Waals surface area contributed by atoms with E-state index in [0.717, 1.165) is 25.0 Å². The second-order valence-electron chi connectivity index (χ2n) is 5.63. The van der Waals surface area contributed by atoms with Crippen LogP contribution >= 0.6 is 0 Å². The highest BCUT2D eigenvalue weighted by Crippen LogP contribution is 2.31. The number of pyridine rings is 1. The molecule has 2 amide bonds. The van der Waals surface area contributed by atoms with Crippen molar-refractivity contribution in [3.8, 4) is 0 Å². The minimum atomic E-state index is -0.880. The molecule has 0 atom stereocenters. The monoisotopic (exact) mass is 291 g/mol. The van der Waals surface area contributed by atoms with Crippen LogP contribution in [0.2, 0.25) is 0 Å². The van der Waals surface area contributed by atoms with Crippen molar-refractivity contribution >= 4 is 17.7 Å². The molecule has 0 radical (unpaired) electrons. The average Bonchev–Trinajstić information content (AvgIpc) is 2.41. The second kappa shape index (κ2) is 6.56. The van der Waals surface area contributed by atoms with Crippen molar-refractivity contribution in [1.29, 1.82) is 0 Å². The van der Waals surface area contributed by atoms with Crippen molar-refractivity contribution < 1.29 is 14.7 Å². The summed E-state index contributed by atoms with van der Waals surface area (Å²) in [6, 6.07) is 3.15. The van der Waals surface area contributed by atoms with Crippen LogP contribution in [-0.2, 0) is 4.79 Å². The average molecular weight is 291 g/mol. The summed E-state index contributed by atoms with van der Waals surface area (Å²) in [5.41, 5.74) is 0.726. The predicted octanol–water partition coefficient (Wildman–Crippen LogP) is 2.69. The fraction of sp³-hybridized carbons (Fsp3) is 0.533. The number of carbonyl (C=O) groups is 2.